The van der Waals surface area contributed by atoms with E-state index in [1.54, 1.807) is 11.0 Å². The third-order valence-electron chi connectivity index (χ3n) is 5.89. The van der Waals surface area contributed by atoms with Gasteiger partial charge >= 0.3 is 0 Å². The summed E-state index contributed by atoms with van der Waals surface area (Å²) in [5.74, 6) is -0.470. The predicted molar refractivity (Wildman–Crippen MR) is 103 cm³/mol. The van der Waals surface area contributed by atoms with Crippen molar-refractivity contribution in [3.63, 3.8) is 0 Å². The number of hydrogen-bond acceptors (Lipinski definition) is 4. The molecule has 6 nitrogen and oxygen atoms in total. The maximum absolute atomic E-state index is 14.7. The number of rotatable bonds is 5. The molecule has 2 aliphatic heterocycles. The summed E-state index contributed by atoms with van der Waals surface area (Å²) in [6.45, 7) is 4.65. The molecule has 1 amide bonds. The average Bonchev–Trinajstić information content (AvgIpc) is 3.11. The lowest BCUT2D eigenvalue weighted by molar-refractivity contribution is -0.0830. The molecule has 0 bridgehead atoms. The molecule has 1 aromatic carbocycles. The number of nitrogens with zero attached hydrogens (tertiary/aromatic N) is 1. The minimum atomic E-state index is -0.665. The fraction of sp³-hybridized carbons (Fsp3) is 0.571. The van der Waals surface area contributed by atoms with Crippen LogP contribution in [0.25, 0.3) is 10.9 Å². The highest BCUT2D eigenvalue weighted by Crippen LogP contribution is 2.43. The van der Waals surface area contributed by atoms with Gasteiger partial charge in [-0.3, -0.25) is 4.79 Å². The Morgan fingerprint density at radius 2 is 2.07 bits per heavy atom. The van der Waals surface area contributed by atoms with Gasteiger partial charge in [-0.1, -0.05) is 13.3 Å². The summed E-state index contributed by atoms with van der Waals surface area (Å²) in [7, 11) is 0. The SMILES string of the molecule is CCCC1(CCO)OCCc2c1[nH]c1c(F)ccc(C(=O)N3CCOCC3)c21. The molecule has 3 heterocycles. The number of hydrogen-bond donors (Lipinski definition) is 2. The zero-order valence-corrected chi connectivity index (χ0v) is 16.2. The van der Waals surface area contributed by atoms with Gasteiger partial charge in [0.05, 0.1) is 31.0 Å². The molecule has 0 aliphatic carbocycles. The van der Waals surface area contributed by atoms with Crippen LogP contribution in [0.3, 0.4) is 0 Å². The molecule has 152 valence electrons. The first kappa shape index (κ1) is 19.4. The van der Waals surface area contributed by atoms with Gasteiger partial charge in [0.1, 0.15) is 11.4 Å². The number of H-pyrrole nitrogens is 1. The first-order valence-electron chi connectivity index (χ1n) is 10.1. The molecule has 2 aromatic rings. The minimum Gasteiger partial charge on any atom is -0.396 e. The van der Waals surface area contributed by atoms with E-state index in [2.05, 4.69) is 11.9 Å². The zero-order chi connectivity index (χ0) is 19.7. The van der Waals surface area contributed by atoms with Crippen LogP contribution in [0.5, 0.6) is 0 Å². The number of amides is 1. The van der Waals surface area contributed by atoms with Crippen LogP contribution >= 0.6 is 0 Å². The highest BCUT2D eigenvalue weighted by atomic mass is 19.1. The van der Waals surface area contributed by atoms with Crippen molar-refractivity contribution < 1.29 is 23.8 Å². The molecule has 1 aromatic heterocycles. The second-order valence-corrected chi connectivity index (χ2v) is 7.54. The van der Waals surface area contributed by atoms with E-state index in [1.807, 2.05) is 0 Å². The number of aliphatic hydroxyl groups is 1. The maximum atomic E-state index is 14.7. The number of nitrogens with one attached hydrogen (secondary N) is 1. The van der Waals surface area contributed by atoms with Crippen molar-refractivity contribution in [3.8, 4) is 0 Å². The number of benzene rings is 1. The third-order valence-corrected chi connectivity index (χ3v) is 5.89. The van der Waals surface area contributed by atoms with Gasteiger partial charge in [-0.15, -0.1) is 0 Å². The van der Waals surface area contributed by atoms with Gasteiger partial charge in [0, 0.05) is 37.1 Å². The number of morpholine rings is 1. The highest BCUT2D eigenvalue weighted by Gasteiger charge is 2.40. The standard InChI is InChI=1S/C21H27FN2O4/c1-2-6-21(7-10-25)19-14(5-11-28-21)17-15(3-4-16(22)18(17)23-19)20(26)24-8-12-27-13-9-24/h3-4,23,25H,2,5-13H2,1H3. The summed E-state index contributed by atoms with van der Waals surface area (Å²) < 4.78 is 26.2. The smallest absolute Gasteiger partial charge is 0.254 e. The van der Waals surface area contributed by atoms with Crippen LogP contribution < -0.4 is 0 Å². The molecule has 2 N–H and O–H groups in total. The van der Waals surface area contributed by atoms with E-state index in [4.69, 9.17) is 9.47 Å². The number of halogens is 1. The van der Waals surface area contributed by atoms with Crippen molar-refractivity contribution in [1.29, 1.82) is 0 Å². The number of aromatic amines is 1. The number of aromatic nitrogens is 1. The normalized spacial score (nSPS) is 22.5. The number of carbonyl (C=O) groups excluding carboxylic acids is 1. The number of fused-ring (bicyclic) bond motifs is 3. The summed E-state index contributed by atoms with van der Waals surface area (Å²) in [4.78, 5) is 18.2. The van der Waals surface area contributed by atoms with Gasteiger partial charge in [0.2, 0.25) is 0 Å². The molecule has 0 saturated carbocycles. The molecule has 28 heavy (non-hydrogen) atoms. The molecule has 0 spiro atoms. The van der Waals surface area contributed by atoms with E-state index in [-0.39, 0.29) is 18.3 Å². The van der Waals surface area contributed by atoms with Crippen LogP contribution in [0.2, 0.25) is 0 Å². The van der Waals surface area contributed by atoms with Crippen LogP contribution in [-0.4, -0.2) is 60.4 Å². The Hall–Kier alpha value is -1.96. The van der Waals surface area contributed by atoms with Crippen molar-refractivity contribution in [3.05, 3.63) is 34.8 Å². The predicted octanol–water partition coefficient (Wildman–Crippen LogP) is 2.73. The Kier molecular flexibility index (Phi) is 5.40. The summed E-state index contributed by atoms with van der Waals surface area (Å²) in [5.41, 5.74) is 1.96. The lowest BCUT2D eigenvalue weighted by Crippen LogP contribution is -2.40. The van der Waals surface area contributed by atoms with Gasteiger partial charge in [-0.25, -0.2) is 4.39 Å². The topological polar surface area (TPSA) is 74.8 Å². The highest BCUT2D eigenvalue weighted by molar-refractivity contribution is 6.08. The summed E-state index contributed by atoms with van der Waals surface area (Å²) in [6.07, 6.45) is 2.65. The van der Waals surface area contributed by atoms with Crippen LogP contribution in [-0.2, 0) is 21.5 Å². The van der Waals surface area contributed by atoms with Crippen molar-refractivity contribution in [2.24, 2.45) is 0 Å². The molecule has 1 fully saturated rings. The minimum absolute atomic E-state index is 0.0170. The van der Waals surface area contributed by atoms with E-state index >= 15 is 0 Å². The summed E-state index contributed by atoms with van der Waals surface area (Å²) >= 11 is 0. The van der Waals surface area contributed by atoms with Gasteiger partial charge in [0.25, 0.3) is 5.91 Å². The molecule has 1 saturated heterocycles. The summed E-state index contributed by atoms with van der Waals surface area (Å²) in [6, 6.07) is 2.94. The number of ether oxygens (including phenoxy) is 2. The molecule has 1 atom stereocenters. The first-order chi connectivity index (χ1) is 13.6. The average molecular weight is 390 g/mol. The van der Waals surface area contributed by atoms with Crippen LogP contribution in [0.15, 0.2) is 12.1 Å². The van der Waals surface area contributed by atoms with Crippen LogP contribution in [0.4, 0.5) is 4.39 Å². The van der Waals surface area contributed by atoms with Crippen molar-refractivity contribution in [2.75, 3.05) is 39.5 Å². The van der Waals surface area contributed by atoms with Crippen LogP contribution in [0.1, 0.15) is 47.8 Å². The quantitative estimate of drug-likeness (QED) is 0.823. The largest absolute Gasteiger partial charge is 0.396 e. The van der Waals surface area contributed by atoms with Gasteiger partial charge in [0.15, 0.2) is 0 Å². The fourth-order valence-corrected chi connectivity index (χ4v) is 4.62. The Labute approximate surface area is 163 Å². The van der Waals surface area contributed by atoms with Crippen molar-refractivity contribution in [1.82, 2.24) is 9.88 Å². The molecular weight excluding hydrogens is 363 g/mol. The Balaban J connectivity index is 1.87. The van der Waals surface area contributed by atoms with Gasteiger partial charge in [-0.05, 0) is 30.5 Å². The van der Waals surface area contributed by atoms with Crippen molar-refractivity contribution >= 4 is 16.8 Å². The Morgan fingerprint density at radius 1 is 1.29 bits per heavy atom. The second kappa shape index (κ2) is 7.81. The fourth-order valence-electron chi connectivity index (χ4n) is 4.62. The van der Waals surface area contributed by atoms with Crippen molar-refractivity contribution in [2.45, 2.75) is 38.2 Å². The molecule has 0 radical (unpaired) electrons. The second-order valence-electron chi connectivity index (χ2n) is 7.54. The number of carbonyl (C=O) groups is 1. The van der Waals surface area contributed by atoms with E-state index < -0.39 is 5.60 Å². The van der Waals surface area contributed by atoms with E-state index in [9.17, 15) is 14.3 Å². The van der Waals surface area contributed by atoms with Gasteiger partial charge in [-0.2, -0.15) is 0 Å². The Morgan fingerprint density at radius 3 is 2.79 bits per heavy atom. The molecule has 2 aliphatic rings. The van der Waals surface area contributed by atoms with Crippen LogP contribution in [0, 0.1) is 5.82 Å². The van der Waals surface area contributed by atoms with E-state index in [1.165, 1.54) is 6.07 Å². The molecular formula is C21H27FN2O4. The zero-order valence-electron chi connectivity index (χ0n) is 16.2. The monoisotopic (exact) mass is 390 g/mol. The summed E-state index contributed by atoms with van der Waals surface area (Å²) in [5, 5.41) is 10.3. The Bertz CT molecular complexity index is 867. The third kappa shape index (κ3) is 3.11. The molecule has 4 rings (SSSR count). The molecule has 1 unspecified atom stereocenters. The maximum Gasteiger partial charge on any atom is 0.254 e. The van der Waals surface area contributed by atoms with E-state index in [0.29, 0.717) is 62.2 Å². The molecule has 7 heteroatoms. The lowest BCUT2D eigenvalue weighted by Gasteiger charge is -2.37. The lowest BCUT2D eigenvalue weighted by atomic mass is 9.84. The van der Waals surface area contributed by atoms with Gasteiger partial charge < -0.3 is 24.5 Å². The first-order valence-corrected chi connectivity index (χ1v) is 10.1. The van der Waals surface area contributed by atoms with E-state index in [0.717, 1.165) is 24.1 Å². The number of aliphatic hydroxyl groups excluding tert-OH is 1.